The number of hydrogen-bond donors (Lipinski definition) is 0. The summed E-state index contributed by atoms with van der Waals surface area (Å²) in [6, 6.07) is 9.69. The van der Waals surface area contributed by atoms with E-state index in [1.165, 1.54) is 0 Å². The summed E-state index contributed by atoms with van der Waals surface area (Å²) in [4.78, 5) is 27.8. The van der Waals surface area contributed by atoms with Crippen LogP contribution in [-0.4, -0.2) is 53.8 Å². The molecular formula is C20H28N2O4. The molecule has 2 aliphatic rings. The highest BCUT2D eigenvalue weighted by atomic mass is 16.6. The molecule has 2 aliphatic heterocycles. The highest BCUT2D eigenvalue weighted by Crippen LogP contribution is 2.32. The summed E-state index contributed by atoms with van der Waals surface area (Å²) >= 11 is 0. The molecule has 0 N–H and O–H groups in total. The third-order valence-electron chi connectivity index (χ3n) is 4.92. The van der Waals surface area contributed by atoms with E-state index < -0.39 is 5.60 Å². The van der Waals surface area contributed by atoms with Gasteiger partial charge in [0, 0.05) is 26.2 Å². The smallest absolute Gasteiger partial charge is 0.410 e. The predicted molar refractivity (Wildman–Crippen MR) is 97.6 cm³/mol. The predicted octanol–water partition coefficient (Wildman–Crippen LogP) is 3.51. The number of likely N-dealkylation sites (tertiary alicyclic amines) is 2. The van der Waals surface area contributed by atoms with Crippen LogP contribution in [0.2, 0.25) is 0 Å². The van der Waals surface area contributed by atoms with Gasteiger partial charge < -0.3 is 19.3 Å². The lowest BCUT2D eigenvalue weighted by Gasteiger charge is -2.42. The summed E-state index contributed by atoms with van der Waals surface area (Å²) in [6.07, 6.45) is 0.471. The van der Waals surface area contributed by atoms with Gasteiger partial charge in [-0.15, -0.1) is 0 Å². The van der Waals surface area contributed by atoms with Crippen molar-refractivity contribution in [2.45, 2.75) is 39.4 Å². The molecule has 3 rings (SSSR count). The van der Waals surface area contributed by atoms with Gasteiger partial charge in [-0.1, -0.05) is 30.3 Å². The van der Waals surface area contributed by atoms with Gasteiger partial charge in [-0.25, -0.2) is 9.59 Å². The van der Waals surface area contributed by atoms with Crippen LogP contribution in [0.4, 0.5) is 9.59 Å². The number of carbonyl (C=O) groups excluding carboxylic acids is 2. The van der Waals surface area contributed by atoms with E-state index in [1.54, 1.807) is 9.80 Å². The monoisotopic (exact) mass is 360 g/mol. The third kappa shape index (κ3) is 4.68. The fourth-order valence-electron chi connectivity index (χ4n) is 3.43. The van der Waals surface area contributed by atoms with Gasteiger partial charge in [0.1, 0.15) is 12.2 Å². The molecule has 2 amide bonds. The number of nitrogens with zero attached hydrogens (tertiary/aromatic N) is 2. The van der Waals surface area contributed by atoms with Crippen LogP contribution in [0, 0.1) is 11.8 Å². The van der Waals surface area contributed by atoms with Gasteiger partial charge in [0.25, 0.3) is 0 Å². The van der Waals surface area contributed by atoms with E-state index in [9.17, 15) is 9.59 Å². The Morgan fingerprint density at radius 1 is 1.00 bits per heavy atom. The van der Waals surface area contributed by atoms with Crippen molar-refractivity contribution in [3.63, 3.8) is 0 Å². The highest BCUT2D eigenvalue weighted by molar-refractivity contribution is 5.69. The first-order valence-corrected chi connectivity index (χ1v) is 9.25. The van der Waals surface area contributed by atoms with Gasteiger partial charge in [-0.05, 0) is 44.6 Å². The number of carbonyl (C=O) groups is 2. The first-order chi connectivity index (χ1) is 12.3. The lowest BCUT2D eigenvalue weighted by atomic mass is 9.85. The topological polar surface area (TPSA) is 59.1 Å². The molecule has 2 saturated heterocycles. The van der Waals surface area contributed by atoms with Crippen molar-refractivity contribution < 1.29 is 19.1 Å². The minimum absolute atomic E-state index is 0.245. The molecular weight excluding hydrogens is 332 g/mol. The molecule has 0 aromatic heterocycles. The molecule has 2 fully saturated rings. The molecule has 6 heteroatoms. The van der Waals surface area contributed by atoms with Crippen molar-refractivity contribution in [1.29, 1.82) is 0 Å². The number of benzene rings is 1. The van der Waals surface area contributed by atoms with Gasteiger partial charge in [-0.2, -0.15) is 0 Å². The molecule has 1 atom stereocenters. The van der Waals surface area contributed by atoms with Gasteiger partial charge in [0.15, 0.2) is 0 Å². The van der Waals surface area contributed by atoms with Crippen molar-refractivity contribution >= 4 is 12.2 Å². The van der Waals surface area contributed by atoms with E-state index in [0.29, 0.717) is 38.1 Å². The maximum atomic E-state index is 12.2. The quantitative estimate of drug-likeness (QED) is 0.828. The van der Waals surface area contributed by atoms with Crippen LogP contribution >= 0.6 is 0 Å². The normalized spacial score (nSPS) is 20.7. The molecule has 0 radical (unpaired) electrons. The fourth-order valence-corrected chi connectivity index (χ4v) is 3.43. The molecule has 1 unspecified atom stereocenters. The molecule has 0 saturated carbocycles. The molecule has 26 heavy (non-hydrogen) atoms. The van der Waals surface area contributed by atoms with Crippen LogP contribution in [0.25, 0.3) is 0 Å². The molecule has 2 heterocycles. The molecule has 6 nitrogen and oxygen atoms in total. The first-order valence-electron chi connectivity index (χ1n) is 9.25. The molecule has 0 aliphatic carbocycles. The number of rotatable bonds is 3. The maximum Gasteiger partial charge on any atom is 0.410 e. The molecule has 1 aromatic rings. The summed E-state index contributed by atoms with van der Waals surface area (Å²) in [5.41, 5.74) is 0.526. The summed E-state index contributed by atoms with van der Waals surface area (Å²) in [5, 5.41) is 0. The van der Waals surface area contributed by atoms with Gasteiger partial charge in [-0.3, -0.25) is 0 Å². The van der Waals surface area contributed by atoms with Crippen molar-refractivity contribution in [2.75, 3.05) is 26.2 Å². The molecule has 0 bridgehead atoms. The lowest BCUT2D eigenvalue weighted by molar-refractivity contribution is -0.0102. The minimum Gasteiger partial charge on any atom is -0.445 e. The maximum absolute atomic E-state index is 12.2. The van der Waals surface area contributed by atoms with E-state index in [2.05, 4.69) is 0 Å². The Bertz CT molecular complexity index is 635. The lowest BCUT2D eigenvalue weighted by Crippen LogP contribution is -2.54. The van der Waals surface area contributed by atoms with Crippen LogP contribution in [0.1, 0.15) is 32.8 Å². The van der Waals surface area contributed by atoms with Crippen LogP contribution in [0.15, 0.2) is 30.3 Å². The SMILES string of the molecule is CC(C)(C)OC(=O)N1CC(C2CCN(C(=O)OCc3ccccc3)C2)C1. The van der Waals surface area contributed by atoms with Crippen LogP contribution in [-0.2, 0) is 16.1 Å². The van der Waals surface area contributed by atoms with Gasteiger partial charge in [0.05, 0.1) is 0 Å². The largest absolute Gasteiger partial charge is 0.445 e. The molecule has 142 valence electrons. The summed E-state index contributed by atoms with van der Waals surface area (Å²) in [6.45, 7) is 8.78. The molecule has 1 aromatic carbocycles. The van der Waals surface area contributed by atoms with E-state index in [4.69, 9.17) is 9.47 Å². The average Bonchev–Trinajstić information content (AvgIpc) is 3.00. The minimum atomic E-state index is -0.463. The summed E-state index contributed by atoms with van der Waals surface area (Å²) in [5.74, 6) is 0.868. The van der Waals surface area contributed by atoms with Crippen molar-refractivity contribution in [3.8, 4) is 0 Å². The zero-order valence-electron chi connectivity index (χ0n) is 15.8. The van der Waals surface area contributed by atoms with E-state index >= 15 is 0 Å². The van der Waals surface area contributed by atoms with E-state index in [0.717, 1.165) is 18.5 Å². The Hall–Kier alpha value is -2.24. The van der Waals surface area contributed by atoms with Gasteiger partial charge in [0.2, 0.25) is 0 Å². The molecule has 0 spiro atoms. The Labute approximate surface area is 155 Å². The second kappa shape index (κ2) is 7.56. The zero-order chi connectivity index (χ0) is 18.7. The van der Waals surface area contributed by atoms with Crippen molar-refractivity contribution in [2.24, 2.45) is 11.8 Å². The van der Waals surface area contributed by atoms with Crippen LogP contribution < -0.4 is 0 Å². The van der Waals surface area contributed by atoms with Crippen LogP contribution in [0.3, 0.4) is 0 Å². The first kappa shape index (κ1) is 18.5. The number of hydrogen-bond acceptors (Lipinski definition) is 4. The number of ether oxygens (including phenoxy) is 2. The second-order valence-electron chi connectivity index (χ2n) is 8.18. The standard InChI is InChI=1S/C20H28N2O4/c1-20(2,3)26-19(24)22-12-17(13-22)16-9-10-21(11-16)18(23)25-14-15-7-5-4-6-8-15/h4-8,16-17H,9-14H2,1-3H3. The van der Waals surface area contributed by atoms with E-state index in [-0.39, 0.29) is 12.2 Å². The Morgan fingerprint density at radius 2 is 1.65 bits per heavy atom. The van der Waals surface area contributed by atoms with Crippen molar-refractivity contribution in [1.82, 2.24) is 9.80 Å². The van der Waals surface area contributed by atoms with Gasteiger partial charge >= 0.3 is 12.2 Å². The Kier molecular flexibility index (Phi) is 5.39. The Morgan fingerprint density at radius 3 is 2.31 bits per heavy atom. The Balaban J connectivity index is 1.39. The summed E-state index contributed by atoms with van der Waals surface area (Å²) < 4.78 is 10.8. The highest BCUT2D eigenvalue weighted by Gasteiger charge is 2.41. The van der Waals surface area contributed by atoms with Crippen molar-refractivity contribution in [3.05, 3.63) is 35.9 Å². The zero-order valence-corrected chi connectivity index (χ0v) is 15.8. The average molecular weight is 360 g/mol. The second-order valence-corrected chi connectivity index (χ2v) is 8.18. The third-order valence-corrected chi connectivity index (χ3v) is 4.92. The van der Waals surface area contributed by atoms with E-state index in [1.807, 2.05) is 51.1 Å². The number of amides is 2. The van der Waals surface area contributed by atoms with Crippen LogP contribution in [0.5, 0.6) is 0 Å². The summed E-state index contributed by atoms with van der Waals surface area (Å²) in [7, 11) is 0. The fraction of sp³-hybridized carbons (Fsp3) is 0.600.